The summed E-state index contributed by atoms with van der Waals surface area (Å²) in [4.78, 5) is 11.8. The van der Waals surface area contributed by atoms with E-state index in [1.165, 1.54) is 12.1 Å². The fourth-order valence-electron chi connectivity index (χ4n) is 1.33. The molecule has 7 heteroatoms. The van der Waals surface area contributed by atoms with Crippen molar-refractivity contribution in [3.8, 4) is 5.75 Å². The van der Waals surface area contributed by atoms with Crippen LogP contribution in [0.15, 0.2) is 24.3 Å². The molecule has 0 heterocycles. The first-order valence-electron chi connectivity index (χ1n) is 5.58. The van der Waals surface area contributed by atoms with Crippen molar-refractivity contribution in [2.45, 2.75) is 25.7 Å². The summed E-state index contributed by atoms with van der Waals surface area (Å²) < 4.78 is 39.6. The Labute approximate surface area is 117 Å². The smallest absolute Gasteiger partial charge is 0.406 e. The first-order chi connectivity index (χ1) is 8.85. The van der Waals surface area contributed by atoms with E-state index in [0.717, 1.165) is 18.6 Å². The van der Waals surface area contributed by atoms with Crippen molar-refractivity contribution in [1.29, 1.82) is 0 Å². The molecule has 0 aliphatic rings. The summed E-state index contributed by atoms with van der Waals surface area (Å²) in [6.07, 6.45) is -3.97. The molecule has 0 saturated heterocycles. The van der Waals surface area contributed by atoms with Gasteiger partial charge < -0.3 is 10.1 Å². The quantitative estimate of drug-likeness (QED) is 0.834. The van der Waals surface area contributed by atoms with Crippen molar-refractivity contribution in [3.05, 3.63) is 29.8 Å². The summed E-state index contributed by atoms with van der Waals surface area (Å²) in [7, 11) is 0. The molecular weight excluding hydrogens is 327 g/mol. The van der Waals surface area contributed by atoms with Crippen LogP contribution in [-0.4, -0.2) is 23.6 Å². The second kappa shape index (κ2) is 6.79. The van der Waals surface area contributed by atoms with E-state index in [0.29, 0.717) is 5.33 Å². The number of halogens is 4. The van der Waals surface area contributed by atoms with Crippen molar-refractivity contribution in [2.75, 3.05) is 5.33 Å². The van der Waals surface area contributed by atoms with E-state index in [-0.39, 0.29) is 23.3 Å². The number of rotatable bonds is 5. The highest BCUT2D eigenvalue weighted by molar-refractivity contribution is 9.09. The molecule has 3 nitrogen and oxygen atoms in total. The molecule has 0 saturated carbocycles. The molecule has 1 aromatic carbocycles. The van der Waals surface area contributed by atoms with E-state index in [4.69, 9.17) is 0 Å². The van der Waals surface area contributed by atoms with Gasteiger partial charge in [0.05, 0.1) is 0 Å². The van der Waals surface area contributed by atoms with E-state index in [9.17, 15) is 18.0 Å². The highest BCUT2D eigenvalue weighted by Gasteiger charge is 2.31. The third-order valence-corrected chi connectivity index (χ3v) is 3.15. The Morgan fingerprint density at radius 2 is 1.95 bits per heavy atom. The molecule has 0 aliphatic carbocycles. The highest BCUT2D eigenvalue weighted by atomic mass is 79.9. The predicted molar refractivity (Wildman–Crippen MR) is 68.5 cm³/mol. The van der Waals surface area contributed by atoms with Gasteiger partial charge in [-0.1, -0.05) is 22.9 Å². The van der Waals surface area contributed by atoms with Crippen LogP contribution in [0.25, 0.3) is 0 Å². The Kier molecular flexibility index (Phi) is 5.65. The van der Waals surface area contributed by atoms with Gasteiger partial charge in [0.2, 0.25) is 0 Å². The lowest BCUT2D eigenvalue weighted by Gasteiger charge is -2.14. The zero-order valence-corrected chi connectivity index (χ0v) is 11.7. The van der Waals surface area contributed by atoms with Gasteiger partial charge in [0.1, 0.15) is 5.75 Å². The maximum absolute atomic E-state index is 12.0. The van der Waals surface area contributed by atoms with Crippen LogP contribution >= 0.6 is 15.9 Å². The van der Waals surface area contributed by atoms with Crippen LogP contribution in [0.5, 0.6) is 5.75 Å². The highest BCUT2D eigenvalue weighted by Crippen LogP contribution is 2.22. The first kappa shape index (κ1) is 15.8. The number of amides is 1. The Balaban J connectivity index is 2.68. The zero-order chi connectivity index (χ0) is 14.5. The lowest BCUT2D eigenvalue weighted by atomic mass is 10.2. The van der Waals surface area contributed by atoms with Gasteiger partial charge in [0.15, 0.2) is 0 Å². The van der Waals surface area contributed by atoms with Crippen molar-refractivity contribution < 1.29 is 22.7 Å². The second-order valence-corrected chi connectivity index (χ2v) is 4.45. The van der Waals surface area contributed by atoms with Crippen LogP contribution in [-0.2, 0) is 0 Å². The number of hydrogen-bond acceptors (Lipinski definition) is 2. The van der Waals surface area contributed by atoms with Crippen LogP contribution in [0.1, 0.15) is 23.7 Å². The molecule has 0 aliphatic heterocycles. The largest absolute Gasteiger partial charge is 0.573 e. The predicted octanol–water partition coefficient (Wildman–Crippen LogP) is 3.49. The van der Waals surface area contributed by atoms with Crippen LogP contribution in [0, 0.1) is 0 Å². The molecule has 1 N–H and O–H groups in total. The molecule has 0 fully saturated rings. The normalized spacial score (nSPS) is 12.9. The Morgan fingerprint density at radius 1 is 1.37 bits per heavy atom. The fourth-order valence-corrected chi connectivity index (χ4v) is 1.95. The average molecular weight is 340 g/mol. The molecule has 106 valence electrons. The molecule has 1 rings (SSSR count). The first-order valence-corrected chi connectivity index (χ1v) is 6.70. The molecule has 1 unspecified atom stereocenters. The van der Waals surface area contributed by atoms with Gasteiger partial charge in [-0.25, -0.2) is 0 Å². The van der Waals surface area contributed by atoms with E-state index >= 15 is 0 Å². The molecule has 1 atom stereocenters. The van der Waals surface area contributed by atoms with Crippen LogP contribution in [0.3, 0.4) is 0 Å². The number of carbonyl (C=O) groups excluding carboxylic acids is 1. The van der Waals surface area contributed by atoms with Crippen molar-refractivity contribution in [1.82, 2.24) is 5.32 Å². The maximum Gasteiger partial charge on any atom is 0.573 e. The third-order valence-electron chi connectivity index (χ3n) is 2.36. The summed E-state index contributed by atoms with van der Waals surface area (Å²) in [6, 6.07) is 4.78. The molecule has 1 aromatic rings. The summed E-state index contributed by atoms with van der Waals surface area (Å²) in [5.74, 6) is -0.679. The molecule has 0 radical (unpaired) electrons. The SMILES string of the molecule is CCC(CBr)NC(=O)c1ccc(OC(F)(F)F)cc1. The number of alkyl halides is 4. The summed E-state index contributed by atoms with van der Waals surface area (Å²) in [5, 5.41) is 3.37. The van der Waals surface area contributed by atoms with Gasteiger partial charge in [0.25, 0.3) is 5.91 Å². The standard InChI is InChI=1S/C12H13BrF3NO2/c1-2-9(7-13)17-11(18)8-3-5-10(6-4-8)19-12(14,15)16/h3-6,9H,2,7H2,1H3,(H,17,18). The Bertz CT molecular complexity index is 416. The van der Waals surface area contributed by atoms with E-state index < -0.39 is 6.36 Å². The van der Waals surface area contributed by atoms with E-state index in [2.05, 4.69) is 26.0 Å². The zero-order valence-electron chi connectivity index (χ0n) is 10.1. The molecule has 0 bridgehead atoms. The van der Waals surface area contributed by atoms with Gasteiger partial charge in [-0.05, 0) is 30.7 Å². The third kappa shape index (κ3) is 5.50. The Morgan fingerprint density at radius 3 is 2.37 bits per heavy atom. The summed E-state index contributed by atoms with van der Waals surface area (Å²) >= 11 is 3.26. The van der Waals surface area contributed by atoms with Crippen molar-refractivity contribution in [3.63, 3.8) is 0 Å². The molecule has 0 spiro atoms. The lowest BCUT2D eigenvalue weighted by Crippen LogP contribution is -2.35. The average Bonchev–Trinajstić information content (AvgIpc) is 2.34. The number of carbonyl (C=O) groups is 1. The van der Waals surface area contributed by atoms with E-state index in [1.807, 2.05) is 6.92 Å². The fraction of sp³-hybridized carbons (Fsp3) is 0.417. The summed E-state index contributed by atoms with van der Waals surface area (Å²) in [6.45, 7) is 1.92. The van der Waals surface area contributed by atoms with Crippen LogP contribution in [0.4, 0.5) is 13.2 Å². The number of benzene rings is 1. The summed E-state index contributed by atoms with van der Waals surface area (Å²) in [5.41, 5.74) is 0.286. The van der Waals surface area contributed by atoms with Crippen molar-refractivity contribution in [2.24, 2.45) is 0 Å². The minimum atomic E-state index is -4.73. The molecule has 0 aromatic heterocycles. The molecular formula is C12H13BrF3NO2. The van der Waals surface area contributed by atoms with E-state index in [1.54, 1.807) is 0 Å². The van der Waals surface area contributed by atoms with Gasteiger partial charge in [-0.3, -0.25) is 4.79 Å². The number of nitrogens with one attached hydrogen (secondary N) is 1. The second-order valence-electron chi connectivity index (χ2n) is 3.81. The van der Waals surface area contributed by atoms with Gasteiger partial charge in [0, 0.05) is 16.9 Å². The number of ether oxygens (including phenoxy) is 1. The van der Waals surface area contributed by atoms with Crippen molar-refractivity contribution >= 4 is 21.8 Å². The maximum atomic E-state index is 12.0. The molecule has 19 heavy (non-hydrogen) atoms. The van der Waals surface area contributed by atoms with Crippen LogP contribution in [0.2, 0.25) is 0 Å². The van der Waals surface area contributed by atoms with Crippen LogP contribution < -0.4 is 10.1 Å². The Hall–Kier alpha value is -1.24. The molecule has 1 amide bonds. The monoisotopic (exact) mass is 339 g/mol. The minimum absolute atomic E-state index is 0.0152. The van der Waals surface area contributed by atoms with Gasteiger partial charge >= 0.3 is 6.36 Å². The topological polar surface area (TPSA) is 38.3 Å². The van der Waals surface area contributed by atoms with Gasteiger partial charge in [-0.2, -0.15) is 0 Å². The van der Waals surface area contributed by atoms with Gasteiger partial charge in [-0.15, -0.1) is 13.2 Å². The number of hydrogen-bond donors (Lipinski definition) is 1. The minimum Gasteiger partial charge on any atom is -0.406 e. The lowest BCUT2D eigenvalue weighted by molar-refractivity contribution is -0.274.